The summed E-state index contributed by atoms with van der Waals surface area (Å²) < 4.78 is 15.2. The molecule has 3 atom stereocenters. The van der Waals surface area contributed by atoms with E-state index in [0.29, 0.717) is 11.3 Å². The zero-order valence-electron chi connectivity index (χ0n) is 10.5. The molecule has 1 aliphatic heterocycles. The lowest BCUT2D eigenvalue weighted by Gasteiger charge is -2.16. The van der Waals surface area contributed by atoms with Gasteiger partial charge in [-0.2, -0.15) is 0 Å². The molecule has 0 bridgehead atoms. The predicted molar refractivity (Wildman–Crippen MR) is 65.0 cm³/mol. The third-order valence-electron chi connectivity index (χ3n) is 3.00. The SMILES string of the molecule is COc1ccc(C(=O)O[C@H]2CO[C@H](CO)[C@H]2O)cc1. The van der Waals surface area contributed by atoms with E-state index < -0.39 is 24.3 Å². The molecule has 1 heterocycles. The maximum absolute atomic E-state index is 11.8. The molecule has 1 aromatic rings. The van der Waals surface area contributed by atoms with E-state index in [-0.39, 0.29) is 13.2 Å². The number of esters is 1. The summed E-state index contributed by atoms with van der Waals surface area (Å²) in [4.78, 5) is 11.8. The Balaban J connectivity index is 1.97. The second-order valence-corrected chi connectivity index (χ2v) is 4.22. The summed E-state index contributed by atoms with van der Waals surface area (Å²) >= 11 is 0. The van der Waals surface area contributed by atoms with Crippen LogP contribution in [0.2, 0.25) is 0 Å². The minimum Gasteiger partial charge on any atom is -0.497 e. The number of carbonyl (C=O) groups excluding carboxylic acids is 1. The Morgan fingerprint density at radius 1 is 1.42 bits per heavy atom. The Morgan fingerprint density at radius 3 is 2.63 bits per heavy atom. The molecule has 1 aliphatic rings. The van der Waals surface area contributed by atoms with Crippen molar-refractivity contribution in [2.24, 2.45) is 0 Å². The van der Waals surface area contributed by atoms with Crippen molar-refractivity contribution in [2.75, 3.05) is 20.3 Å². The van der Waals surface area contributed by atoms with Crippen LogP contribution >= 0.6 is 0 Å². The first kappa shape index (κ1) is 13.8. The highest BCUT2D eigenvalue weighted by atomic mass is 16.6. The first-order valence-corrected chi connectivity index (χ1v) is 5.91. The molecule has 0 aliphatic carbocycles. The number of benzene rings is 1. The number of hydrogen-bond acceptors (Lipinski definition) is 6. The van der Waals surface area contributed by atoms with Crippen LogP contribution in [0.4, 0.5) is 0 Å². The van der Waals surface area contributed by atoms with Gasteiger partial charge in [0.1, 0.15) is 18.0 Å². The average Bonchev–Trinajstić information content (AvgIpc) is 2.79. The van der Waals surface area contributed by atoms with Crippen LogP contribution < -0.4 is 4.74 Å². The molecule has 1 fully saturated rings. The smallest absolute Gasteiger partial charge is 0.338 e. The lowest BCUT2D eigenvalue weighted by molar-refractivity contribution is -0.0174. The molecule has 0 spiro atoms. The number of aliphatic hydroxyl groups excluding tert-OH is 2. The van der Waals surface area contributed by atoms with E-state index in [1.165, 1.54) is 7.11 Å². The normalized spacial score (nSPS) is 26.2. The number of aliphatic hydroxyl groups is 2. The summed E-state index contributed by atoms with van der Waals surface area (Å²) in [6, 6.07) is 6.45. The Kier molecular flexibility index (Phi) is 4.36. The zero-order chi connectivity index (χ0) is 13.8. The van der Waals surface area contributed by atoms with Crippen LogP contribution in [0.3, 0.4) is 0 Å². The van der Waals surface area contributed by atoms with E-state index in [9.17, 15) is 9.90 Å². The fraction of sp³-hybridized carbons (Fsp3) is 0.462. The molecule has 0 aromatic heterocycles. The van der Waals surface area contributed by atoms with Crippen molar-refractivity contribution in [1.82, 2.24) is 0 Å². The zero-order valence-corrected chi connectivity index (χ0v) is 10.5. The Hall–Kier alpha value is -1.63. The summed E-state index contributed by atoms with van der Waals surface area (Å²) in [5, 5.41) is 18.7. The van der Waals surface area contributed by atoms with E-state index in [2.05, 4.69) is 0 Å². The van der Waals surface area contributed by atoms with Crippen LogP contribution in [-0.2, 0) is 9.47 Å². The molecule has 2 N–H and O–H groups in total. The minimum atomic E-state index is -1.01. The summed E-state index contributed by atoms with van der Waals surface area (Å²) in [6.07, 6.45) is -2.47. The van der Waals surface area contributed by atoms with Crippen molar-refractivity contribution in [1.29, 1.82) is 0 Å². The summed E-state index contributed by atoms with van der Waals surface area (Å²) in [5.74, 6) is 0.0926. The van der Waals surface area contributed by atoms with Crippen LogP contribution in [0.1, 0.15) is 10.4 Å². The molecule has 6 nitrogen and oxygen atoms in total. The third kappa shape index (κ3) is 3.04. The van der Waals surface area contributed by atoms with Gasteiger partial charge in [-0.05, 0) is 24.3 Å². The quantitative estimate of drug-likeness (QED) is 0.746. The van der Waals surface area contributed by atoms with Crippen LogP contribution in [0.25, 0.3) is 0 Å². The molecule has 104 valence electrons. The highest BCUT2D eigenvalue weighted by molar-refractivity contribution is 5.89. The Labute approximate surface area is 110 Å². The van der Waals surface area contributed by atoms with Crippen LogP contribution in [0.5, 0.6) is 5.75 Å². The highest BCUT2D eigenvalue weighted by Crippen LogP contribution is 2.19. The van der Waals surface area contributed by atoms with Gasteiger partial charge in [0.15, 0.2) is 6.10 Å². The van der Waals surface area contributed by atoms with Crippen LogP contribution in [0.15, 0.2) is 24.3 Å². The fourth-order valence-electron chi connectivity index (χ4n) is 1.85. The molecule has 1 saturated heterocycles. The van der Waals surface area contributed by atoms with E-state index >= 15 is 0 Å². The minimum absolute atomic E-state index is 0.0777. The second-order valence-electron chi connectivity index (χ2n) is 4.22. The van der Waals surface area contributed by atoms with E-state index in [4.69, 9.17) is 19.3 Å². The number of methoxy groups -OCH3 is 1. The van der Waals surface area contributed by atoms with Crippen molar-refractivity contribution >= 4 is 5.97 Å². The second kappa shape index (κ2) is 6.01. The number of ether oxygens (including phenoxy) is 3. The van der Waals surface area contributed by atoms with Gasteiger partial charge >= 0.3 is 5.97 Å². The van der Waals surface area contributed by atoms with Crippen LogP contribution in [-0.4, -0.2) is 54.8 Å². The average molecular weight is 268 g/mol. The van der Waals surface area contributed by atoms with Gasteiger partial charge in [-0.15, -0.1) is 0 Å². The van der Waals surface area contributed by atoms with Gasteiger partial charge in [0, 0.05) is 0 Å². The van der Waals surface area contributed by atoms with E-state index in [1.807, 2.05) is 0 Å². The van der Waals surface area contributed by atoms with Gasteiger partial charge in [0.05, 0.1) is 25.9 Å². The number of carbonyl (C=O) groups is 1. The molecule has 0 unspecified atom stereocenters. The lowest BCUT2D eigenvalue weighted by Crippen LogP contribution is -2.35. The van der Waals surface area contributed by atoms with Crippen molar-refractivity contribution in [3.63, 3.8) is 0 Å². The molecular formula is C13H16O6. The van der Waals surface area contributed by atoms with Crippen LogP contribution in [0, 0.1) is 0 Å². The number of hydrogen-bond donors (Lipinski definition) is 2. The lowest BCUT2D eigenvalue weighted by atomic mass is 10.1. The van der Waals surface area contributed by atoms with Crippen molar-refractivity contribution < 1.29 is 29.2 Å². The van der Waals surface area contributed by atoms with Gasteiger partial charge in [-0.1, -0.05) is 0 Å². The highest BCUT2D eigenvalue weighted by Gasteiger charge is 2.38. The van der Waals surface area contributed by atoms with Gasteiger partial charge in [0.25, 0.3) is 0 Å². The summed E-state index contributed by atoms with van der Waals surface area (Å²) in [7, 11) is 1.54. The maximum atomic E-state index is 11.8. The van der Waals surface area contributed by atoms with E-state index in [0.717, 1.165) is 0 Å². The molecule has 0 amide bonds. The number of rotatable bonds is 4. The first-order chi connectivity index (χ1) is 9.15. The molecule has 2 rings (SSSR count). The molecule has 1 aromatic carbocycles. The molecule has 19 heavy (non-hydrogen) atoms. The topological polar surface area (TPSA) is 85.2 Å². The molecule has 0 radical (unpaired) electrons. The van der Waals surface area contributed by atoms with E-state index in [1.54, 1.807) is 24.3 Å². The third-order valence-corrected chi connectivity index (χ3v) is 3.00. The summed E-state index contributed by atoms with van der Waals surface area (Å²) in [5.41, 5.74) is 0.362. The largest absolute Gasteiger partial charge is 0.497 e. The Bertz CT molecular complexity index is 429. The van der Waals surface area contributed by atoms with Crippen molar-refractivity contribution in [3.8, 4) is 5.75 Å². The van der Waals surface area contributed by atoms with Crippen molar-refractivity contribution in [3.05, 3.63) is 29.8 Å². The fourth-order valence-corrected chi connectivity index (χ4v) is 1.85. The maximum Gasteiger partial charge on any atom is 0.338 e. The van der Waals surface area contributed by atoms with Gasteiger partial charge in [-0.3, -0.25) is 0 Å². The van der Waals surface area contributed by atoms with Gasteiger partial charge in [-0.25, -0.2) is 4.79 Å². The van der Waals surface area contributed by atoms with Gasteiger partial charge in [0.2, 0.25) is 0 Å². The van der Waals surface area contributed by atoms with Gasteiger partial charge < -0.3 is 24.4 Å². The monoisotopic (exact) mass is 268 g/mol. The van der Waals surface area contributed by atoms with Crippen molar-refractivity contribution in [2.45, 2.75) is 18.3 Å². The molecular weight excluding hydrogens is 252 g/mol. The molecule has 0 saturated carbocycles. The first-order valence-electron chi connectivity index (χ1n) is 5.91. The standard InChI is InChI=1S/C13H16O6/c1-17-9-4-2-8(3-5-9)13(16)19-11-7-18-10(6-14)12(11)15/h2-5,10-12,14-15H,6-7H2,1H3/t10-,11+,12-/m1/s1. The summed E-state index contributed by atoms with van der Waals surface area (Å²) in [6.45, 7) is -0.230. The predicted octanol–water partition coefficient (Wildman–Crippen LogP) is -0.0274. The Morgan fingerprint density at radius 2 is 2.11 bits per heavy atom. The molecule has 6 heteroatoms.